The van der Waals surface area contributed by atoms with E-state index in [2.05, 4.69) is 16.0 Å². The van der Waals surface area contributed by atoms with Gasteiger partial charge >= 0.3 is 6.03 Å². The molecule has 0 radical (unpaired) electrons. The van der Waals surface area contributed by atoms with E-state index >= 15 is 0 Å². The predicted molar refractivity (Wildman–Crippen MR) is 138 cm³/mol. The first-order valence-electron chi connectivity index (χ1n) is 11.6. The monoisotopic (exact) mass is 498 g/mol. The van der Waals surface area contributed by atoms with Crippen LogP contribution in [0.15, 0.2) is 42.5 Å². The predicted octanol–water partition coefficient (Wildman–Crippen LogP) is 4.68. The van der Waals surface area contributed by atoms with Gasteiger partial charge in [-0.15, -0.1) is 11.6 Å². The first-order valence-corrected chi connectivity index (χ1v) is 12.1. The molecule has 3 rings (SSSR count). The SMILES string of the molecule is CCn1c(-c2ccc(NC(=O)N(CCO)CCOC)cc2)c(C#N)c2ccc(OCCCCl)cc21. The van der Waals surface area contributed by atoms with Crippen LogP contribution in [0, 0.1) is 11.3 Å². The molecule has 0 saturated carbocycles. The molecule has 0 aliphatic carbocycles. The summed E-state index contributed by atoms with van der Waals surface area (Å²) < 4.78 is 12.9. The third-order valence-electron chi connectivity index (χ3n) is 5.64. The number of amides is 2. The summed E-state index contributed by atoms with van der Waals surface area (Å²) in [5.74, 6) is 1.28. The first-order chi connectivity index (χ1) is 17.1. The number of aryl methyl sites for hydroxylation is 1. The number of methoxy groups -OCH3 is 1. The number of aromatic nitrogens is 1. The second-order valence-electron chi connectivity index (χ2n) is 7.86. The molecule has 9 heteroatoms. The van der Waals surface area contributed by atoms with Crippen molar-refractivity contribution in [2.75, 3.05) is 51.2 Å². The molecule has 0 atom stereocenters. The topological polar surface area (TPSA) is 99.8 Å². The van der Waals surface area contributed by atoms with Crippen LogP contribution in [-0.4, -0.2) is 66.5 Å². The summed E-state index contributed by atoms with van der Waals surface area (Å²) in [4.78, 5) is 14.1. The second kappa shape index (κ2) is 13.0. The summed E-state index contributed by atoms with van der Waals surface area (Å²) >= 11 is 5.75. The largest absolute Gasteiger partial charge is 0.493 e. The van der Waals surface area contributed by atoms with Crippen molar-refractivity contribution in [2.45, 2.75) is 19.9 Å². The number of hydrogen-bond acceptors (Lipinski definition) is 5. The lowest BCUT2D eigenvalue weighted by Gasteiger charge is -2.21. The first kappa shape index (κ1) is 26.4. The molecule has 2 aromatic carbocycles. The molecule has 0 unspecified atom stereocenters. The van der Waals surface area contributed by atoms with Crippen LogP contribution in [0.1, 0.15) is 18.9 Å². The molecule has 1 aromatic heterocycles. The number of nitrogens with one attached hydrogen (secondary N) is 1. The van der Waals surface area contributed by atoms with Crippen molar-refractivity contribution in [3.63, 3.8) is 0 Å². The number of benzene rings is 2. The fraction of sp³-hybridized carbons (Fsp3) is 0.385. The van der Waals surface area contributed by atoms with Crippen molar-refractivity contribution in [2.24, 2.45) is 0 Å². The summed E-state index contributed by atoms with van der Waals surface area (Å²) in [5.41, 5.74) is 3.83. The van der Waals surface area contributed by atoms with Crippen molar-refractivity contribution in [1.29, 1.82) is 5.26 Å². The minimum atomic E-state index is -0.314. The standard InChI is InChI=1S/C26H31ClN4O4/c1-3-31-24-17-21(35-15-4-11-27)9-10-22(24)23(18-28)25(31)19-5-7-20(8-6-19)29-26(33)30(12-14-32)13-16-34-2/h5-10,17,32H,3-4,11-16H2,1-2H3,(H,29,33). The maximum Gasteiger partial charge on any atom is 0.321 e. The number of alkyl halides is 1. The summed E-state index contributed by atoms with van der Waals surface area (Å²) in [6.45, 7) is 4.09. The molecule has 0 fully saturated rings. The lowest BCUT2D eigenvalue weighted by atomic mass is 10.1. The van der Waals surface area contributed by atoms with Gasteiger partial charge in [-0.1, -0.05) is 12.1 Å². The molecule has 2 amide bonds. The maximum absolute atomic E-state index is 12.6. The second-order valence-corrected chi connectivity index (χ2v) is 8.24. The van der Waals surface area contributed by atoms with Gasteiger partial charge in [0, 0.05) is 49.8 Å². The van der Waals surface area contributed by atoms with Gasteiger partial charge in [-0.25, -0.2) is 4.79 Å². The minimum absolute atomic E-state index is 0.131. The summed E-state index contributed by atoms with van der Waals surface area (Å²) in [7, 11) is 1.56. The van der Waals surface area contributed by atoms with Crippen LogP contribution in [0.3, 0.4) is 0 Å². The van der Waals surface area contributed by atoms with E-state index in [0.717, 1.165) is 34.3 Å². The lowest BCUT2D eigenvalue weighted by Crippen LogP contribution is -2.39. The van der Waals surface area contributed by atoms with Crippen LogP contribution in [0.4, 0.5) is 10.5 Å². The highest BCUT2D eigenvalue weighted by Gasteiger charge is 2.19. The van der Waals surface area contributed by atoms with Gasteiger partial charge in [0.1, 0.15) is 11.8 Å². The molecule has 1 heterocycles. The van der Waals surface area contributed by atoms with E-state index in [1.807, 2.05) is 37.3 Å². The number of nitriles is 1. The molecular formula is C26H31ClN4O4. The molecule has 0 bridgehead atoms. The minimum Gasteiger partial charge on any atom is -0.493 e. The van der Waals surface area contributed by atoms with E-state index in [0.29, 0.717) is 43.4 Å². The number of anilines is 1. The number of ether oxygens (including phenoxy) is 2. The van der Waals surface area contributed by atoms with Gasteiger partial charge in [0.2, 0.25) is 0 Å². The van der Waals surface area contributed by atoms with E-state index in [9.17, 15) is 15.2 Å². The summed E-state index contributed by atoms with van der Waals surface area (Å²) in [6.07, 6.45) is 0.760. The molecular weight excluding hydrogens is 468 g/mol. The van der Waals surface area contributed by atoms with E-state index in [4.69, 9.17) is 21.1 Å². The Morgan fingerprint density at radius 2 is 1.97 bits per heavy atom. The van der Waals surface area contributed by atoms with Crippen LogP contribution in [0.2, 0.25) is 0 Å². The third kappa shape index (κ3) is 6.25. The smallest absolute Gasteiger partial charge is 0.321 e. The number of urea groups is 1. The van der Waals surface area contributed by atoms with Crippen molar-refractivity contribution in [1.82, 2.24) is 9.47 Å². The highest BCUT2D eigenvalue weighted by Crippen LogP contribution is 2.35. The number of halogens is 1. The maximum atomic E-state index is 12.6. The van der Waals surface area contributed by atoms with Gasteiger partial charge < -0.3 is 29.4 Å². The van der Waals surface area contributed by atoms with Crippen molar-refractivity contribution in [3.8, 4) is 23.1 Å². The molecule has 35 heavy (non-hydrogen) atoms. The van der Waals surface area contributed by atoms with Crippen LogP contribution in [0.5, 0.6) is 5.75 Å². The Kier molecular flexibility index (Phi) is 9.79. The Bertz CT molecular complexity index is 1170. The van der Waals surface area contributed by atoms with E-state index in [-0.39, 0.29) is 19.2 Å². The third-order valence-corrected chi connectivity index (χ3v) is 5.91. The Labute approximate surface area is 210 Å². The average molecular weight is 499 g/mol. The zero-order valence-corrected chi connectivity index (χ0v) is 20.8. The van der Waals surface area contributed by atoms with Crippen LogP contribution >= 0.6 is 11.6 Å². The summed E-state index contributed by atoms with van der Waals surface area (Å²) in [5, 5.41) is 22.9. The van der Waals surface area contributed by atoms with E-state index in [1.54, 1.807) is 19.2 Å². The van der Waals surface area contributed by atoms with Crippen LogP contribution < -0.4 is 10.1 Å². The number of rotatable bonds is 12. The van der Waals surface area contributed by atoms with Crippen molar-refractivity contribution < 1.29 is 19.4 Å². The molecule has 0 aliphatic rings. The quantitative estimate of drug-likeness (QED) is 0.279. The lowest BCUT2D eigenvalue weighted by molar-refractivity contribution is 0.142. The van der Waals surface area contributed by atoms with Gasteiger partial charge in [0.05, 0.1) is 36.6 Å². The molecule has 186 valence electrons. The molecule has 0 aliphatic heterocycles. The van der Waals surface area contributed by atoms with Crippen molar-refractivity contribution >= 4 is 34.2 Å². The van der Waals surface area contributed by atoms with Gasteiger partial charge in [-0.05, 0) is 43.2 Å². The number of aliphatic hydroxyl groups excluding tert-OH is 1. The zero-order valence-electron chi connectivity index (χ0n) is 20.1. The summed E-state index contributed by atoms with van der Waals surface area (Å²) in [6, 6.07) is 15.2. The fourth-order valence-electron chi connectivity index (χ4n) is 3.96. The number of aliphatic hydroxyl groups is 1. The van der Waals surface area contributed by atoms with Crippen LogP contribution in [0.25, 0.3) is 22.2 Å². The fourth-order valence-corrected chi connectivity index (χ4v) is 4.07. The Morgan fingerprint density at radius 1 is 1.20 bits per heavy atom. The molecule has 2 N–H and O–H groups in total. The molecule has 0 saturated heterocycles. The van der Waals surface area contributed by atoms with Gasteiger partial charge in [-0.3, -0.25) is 0 Å². The Balaban J connectivity index is 1.89. The molecule has 8 nitrogen and oxygen atoms in total. The average Bonchev–Trinajstić information content (AvgIpc) is 3.19. The number of nitrogens with zero attached hydrogens (tertiary/aromatic N) is 3. The zero-order chi connectivity index (χ0) is 25.2. The van der Waals surface area contributed by atoms with E-state index in [1.165, 1.54) is 4.90 Å². The normalized spacial score (nSPS) is 10.8. The Morgan fingerprint density at radius 3 is 2.60 bits per heavy atom. The van der Waals surface area contributed by atoms with Gasteiger partial charge in [0.15, 0.2) is 0 Å². The number of hydrogen-bond donors (Lipinski definition) is 2. The highest BCUT2D eigenvalue weighted by atomic mass is 35.5. The van der Waals surface area contributed by atoms with Gasteiger partial charge in [-0.2, -0.15) is 5.26 Å². The Hall–Kier alpha value is -3.25. The highest BCUT2D eigenvalue weighted by molar-refractivity contribution is 6.17. The number of carbonyl (C=O) groups is 1. The number of carbonyl (C=O) groups excluding carboxylic acids is 1. The molecule has 0 spiro atoms. The van der Waals surface area contributed by atoms with Gasteiger partial charge in [0.25, 0.3) is 0 Å². The van der Waals surface area contributed by atoms with Crippen molar-refractivity contribution in [3.05, 3.63) is 48.0 Å². The van der Waals surface area contributed by atoms with Crippen LogP contribution in [-0.2, 0) is 11.3 Å². The van der Waals surface area contributed by atoms with E-state index < -0.39 is 0 Å². The molecule has 3 aromatic rings. The number of fused-ring (bicyclic) bond motifs is 1.